The highest BCUT2D eigenvalue weighted by Crippen LogP contribution is 2.42. The van der Waals surface area contributed by atoms with Gasteiger partial charge in [-0.1, -0.05) is 18.2 Å². The van der Waals surface area contributed by atoms with Crippen molar-refractivity contribution in [3.8, 4) is 17.2 Å². The standard InChI is InChI=1S/C25H21N3O3S/c1-30-19-7-3-9-21(14-19)31-20-8-2-6-18(13-20)27-24(29)22-10-12-28-23(22)16-32-25(28)17-5-4-11-26-15-17/h2-15,25H,16H2,1H3,(H,27,29). The quantitative estimate of drug-likeness (QED) is 0.412. The molecule has 0 radical (unpaired) electrons. The normalized spacial score (nSPS) is 14.6. The van der Waals surface area contributed by atoms with Gasteiger partial charge in [-0.2, -0.15) is 0 Å². The van der Waals surface area contributed by atoms with Gasteiger partial charge in [0.05, 0.1) is 12.7 Å². The zero-order valence-electron chi connectivity index (χ0n) is 17.4. The molecule has 7 heteroatoms. The molecule has 3 heterocycles. The molecule has 1 aliphatic rings. The van der Waals surface area contributed by atoms with Crippen LogP contribution >= 0.6 is 11.8 Å². The molecule has 1 unspecified atom stereocenters. The van der Waals surface area contributed by atoms with Crippen LogP contribution in [0.2, 0.25) is 0 Å². The highest BCUT2D eigenvalue weighted by Gasteiger charge is 2.28. The van der Waals surface area contributed by atoms with Crippen molar-refractivity contribution in [2.45, 2.75) is 11.1 Å². The van der Waals surface area contributed by atoms with Gasteiger partial charge in [-0.25, -0.2) is 0 Å². The largest absolute Gasteiger partial charge is 0.497 e. The van der Waals surface area contributed by atoms with Crippen molar-refractivity contribution in [2.75, 3.05) is 12.4 Å². The molecule has 0 spiro atoms. The second kappa shape index (κ2) is 8.80. The van der Waals surface area contributed by atoms with Crippen molar-refractivity contribution >= 4 is 23.4 Å². The molecule has 1 N–H and O–H groups in total. The summed E-state index contributed by atoms with van der Waals surface area (Å²) in [7, 11) is 1.62. The molecule has 4 aromatic rings. The molecule has 0 saturated heterocycles. The molecule has 0 bridgehead atoms. The Morgan fingerprint density at radius 3 is 2.69 bits per heavy atom. The van der Waals surface area contributed by atoms with Crippen molar-refractivity contribution in [3.63, 3.8) is 0 Å². The predicted octanol–water partition coefficient (Wildman–Crippen LogP) is 5.73. The number of nitrogens with one attached hydrogen (secondary N) is 1. The SMILES string of the molecule is COc1cccc(Oc2cccc(NC(=O)c3ccn4c3CSC4c3cccnc3)c2)c1. The van der Waals surface area contributed by atoms with Crippen molar-refractivity contribution in [3.05, 3.63) is 102 Å². The number of carbonyl (C=O) groups is 1. The first-order valence-electron chi connectivity index (χ1n) is 10.2. The third-order valence-corrected chi connectivity index (χ3v) is 6.49. The highest BCUT2D eigenvalue weighted by atomic mass is 32.2. The van der Waals surface area contributed by atoms with Crippen LogP contribution in [0.3, 0.4) is 0 Å². The van der Waals surface area contributed by atoms with E-state index in [1.165, 1.54) is 0 Å². The van der Waals surface area contributed by atoms with Gasteiger partial charge in [-0.3, -0.25) is 9.78 Å². The zero-order chi connectivity index (χ0) is 21.9. The lowest BCUT2D eigenvalue weighted by atomic mass is 10.2. The Hall–Kier alpha value is -3.71. The number of hydrogen-bond acceptors (Lipinski definition) is 5. The van der Waals surface area contributed by atoms with Crippen LogP contribution in [-0.4, -0.2) is 22.6 Å². The molecule has 2 aromatic carbocycles. The summed E-state index contributed by atoms with van der Waals surface area (Å²) in [5.41, 5.74) is 3.50. The number of ether oxygens (including phenoxy) is 2. The summed E-state index contributed by atoms with van der Waals surface area (Å²) in [5.74, 6) is 2.65. The summed E-state index contributed by atoms with van der Waals surface area (Å²) in [6.07, 6.45) is 5.62. The monoisotopic (exact) mass is 443 g/mol. The van der Waals surface area contributed by atoms with Gasteiger partial charge in [-0.15, -0.1) is 11.8 Å². The third-order valence-electron chi connectivity index (χ3n) is 5.24. The lowest BCUT2D eigenvalue weighted by Gasteiger charge is -2.12. The average Bonchev–Trinajstić information content (AvgIpc) is 3.42. The summed E-state index contributed by atoms with van der Waals surface area (Å²) in [4.78, 5) is 17.3. The van der Waals surface area contributed by atoms with E-state index in [9.17, 15) is 4.79 Å². The smallest absolute Gasteiger partial charge is 0.257 e. The molecule has 5 rings (SSSR count). The molecule has 160 valence electrons. The molecular formula is C25H21N3O3S. The van der Waals surface area contributed by atoms with E-state index in [1.54, 1.807) is 31.1 Å². The van der Waals surface area contributed by atoms with Gasteiger partial charge >= 0.3 is 0 Å². The molecule has 1 amide bonds. The average molecular weight is 444 g/mol. The lowest BCUT2D eigenvalue weighted by molar-refractivity contribution is 0.102. The Labute approximate surface area is 190 Å². The summed E-state index contributed by atoms with van der Waals surface area (Å²) in [6.45, 7) is 0. The van der Waals surface area contributed by atoms with Gasteiger partial charge in [0.2, 0.25) is 0 Å². The number of pyridine rings is 1. The number of amides is 1. The number of thioether (sulfide) groups is 1. The summed E-state index contributed by atoms with van der Waals surface area (Å²) in [6, 6.07) is 20.6. The van der Waals surface area contributed by atoms with Crippen LogP contribution in [0.1, 0.15) is 27.0 Å². The van der Waals surface area contributed by atoms with Crippen LogP contribution in [-0.2, 0) is 5.75 Å². The molecule has 0 aliphatic carbocycles. The Morgan fingerprint density at radius 1 is 1.06 bits per heavy atom. The maximum Gasteiger partial charge on any atom is 0.257 e. The second-order valence-corrected chi connectivity index (χ2v) is 8.36. The molecule has 1 atom stereocenters. The number of fused-ring (bicyclic) bond motifs is 1. The van der Waals surface area contributed by atoms with Crippen LogP contribution in [0.4, 0.5) is 5.69 Å². The molecule has 2 aromatic heterocycles. The number of rotatable bonds is 6. The van der Waals surface area contributed by atoms with E-state index in [1.807, 2.05) is 67.0 Å². The number of nitrogens with zero attached hydrogens (tertiary/aromatic N) is 2. The fourth-order valence-electron chi connectivity index (χ4n) is 3.71. The van der Waals surface area contributed by atoms with E-state index < -0.39 is 0 Å². The first kappa shape index (κ1) is 20.2. The number of anilines is 1. The molecule has 32 heavy (non-hydrogen) atoms. The predicted molar refractivity (Wildman–Crippen MR) is 126 cm³/mol. The van der Waals surface area contributed by atoms with Gasteiger partial charge in [0.1, 0.15) is 22.6 Å². The van der Waals surface area contributed by atoms with Gasteiger partial charge in [0.25, 0.3) is 5.91 Å². The zero-order valence-corrected chi connectivity index (χ0v) is 18.2. The Morgan fingerprint density at radius 2 is 1.88 bits per heavy atom. The van der Waals surface area contributed by atoms with E-state index in [0.717, 1.165) is 22.8 Å². The molecular weight excluding hydrogens is 422 g/mol. The maximum atomic E-state index is 13.0. The summed E-state index contributed by atoms with van der Waals surface area (Å²) < 4.78 is 13.3. The number of carbonyl (C=O) groups excluding carboxylic acids is 1. The Balaban J connectivity index is 1.32. The van der Waals surface area contributed by atoms with Gasteiger partial charge in [-0.05, 0) is 36.4 Å². The van der Waals surface area contributed by atoms with E-state index in [-0.39, 0.29) is 11.3 Å². The summed E-state index contributed by atoms with van der Waals surface area (Å²) >= 11 is 1.79. The van der Waals surface area contributed by atoms with Crippen LogP contribution in [0.5, 0.6) is 17.2 Å². The minimum absolute atomic E-state index is 0.135. The van der Waals surface area contributed by atoms with Crippen LogP contribution in [0.15, 0.2) is 85.3 Å². The first-order valence-corrected chi connectivity index (χ1v) is 11.2. The number of aromatic nitrogens is 2. The van der Waals surface area contributed by atoms with E-state index in [2.05, 4.69) is 20.9 Å². The van der Waals surface area contributed by atoms with E-state index in [4.69, 9.17) is 9.47 Å². The number of hydrogen-bond donors (Lipinski definition) is 1. The minimum Gasteiger partial charge on any atom is -0.497 e. The third kappa shape index (κ3) is 4.07. The lowest BCUT2D eigenvalue weighted by Crippen LogP contribution is -2.13. The van der Waals surface area contributed by atoms with Gasteiger partial charge in [0, 0.05) is 53.4 Å². The second-order valence-electron chi connectivity index (χ2n) is 7.30. The summed E-state index contributed by atoms with van der Waals surface area (Å²) in [5, 5.41) is 3.14. The molecule has 6 nitrogen and oxygen atoms in total. The van der Waals surface area contributed by atoms with E-state index >= 15 is 0 Å². The fourth-order valence-corrected chi connectivity index (χ4v) is 5.02. The minimum atomic E-state index is -0.135. The van der Waals surface area contributed by atoms with Crippen molar-refractivity contribution in [1.82, 2.24) is 9.55 Å². The van der Waals surface area contributed by atoms with E-state index in [0.29, 0.717) is 22.7 Å². The van der Waals surface area contributed by atoms with Crippen molar-refractivity contribution in [1.29, 1.82) is 0 Å². The van der Waals surface area contributed by atoms with Gasteiger partial charge in [0.15, 0.2) is 0 Å². The Bertz CT molecular complexity index is 1260. The molecule has 1 aliphatic heterocycles. The van der Waals surface area contributed by atoms with Crippen LogP contribution < -0.4 is 14.8 Å². The highest BCUT2D eigenvalue weighted by molar-refractivity contribution is 7.99. The first-order chi connectivity index (χ1) is 15.7. The molecule has 0 saturated carbocycles. The fraction of sp³-hybridized carbons (Fsp3) is 0.120. The van der Waals surface area contributed by atoms with Crippen molar-refractivity contribution < 1.29 is 14.3 Å². The Kier molecular flexibility index (Phi) is 5.56. The number of methoxy groups -OCH3 is 1. The van der Waals surface area contributed by atoms with Crippen molar-refractivity contribution in [2.24, 2.45) is 0 Å². The maximum absolute atomic E-state index is 13.0. The van der Waals surface area contributed by atoms with Crippen LogP contribution in [0, 0.1) is 0 Å². The number of benzene rings is 2. The van der Waals surface area contributed by atoms with Gasteiger partial charge < -0.3 is 19.4 Å². The van der Waals surface area contributed by atoms with Crippen LogP contribution in [0.25, 0.3) is 0 Å². The molecule has 0 fully saturated rings. The topological polar surface area (TPSA) is 65.4 Å².